The third-order valence-corrected chi connectivity index (χ3v) is 2.71. The maximum atomic E-state index is 11.8. The first kappa shape index (κ1) is 13.5. The first-order valence-electron chi connectivity index (χ1n) is 5.91. The molecule has 1 saturated heterocycles. The average molecular weight is 229 g/mol. The van der Waals surface area contributed by atoms with E-state index in [0.29, 0.717) is 18.9 Å². The molecule has 1 atom stereocenters. The fourth-order valence-electron chi connectivity index (χ4n) is 2.06. The molecule has 16 heavy (non-hydrogen) atoms. The Morgan fingerprint density at radius 3 is 2.88 bits per heavy atom. The number of methoxy groups -OCH3 is 1. The van der Waals surface area contributed by atoms with Crippen LogP contribution in [0.25, 0.3) is 0 Å². The van der Waals surface area contributed by atoms with Crippen molar-refractivity contribution >= 4 is 5.91 Å². The van der Waals surface area contributed by atoms with Gasteiger partial charge in [-0.2, -0.15) is 0 Å². The number of rotatable bonds is 5. The Hall–Kier alpha value is -0.610. The van der Waals surface area contributed by atoms with E-state index in [1.54, 1.807) is 7.11 Å². The van der Waals surface area contributed by atoms with Gasteiger partial charge < -0.3 is 14.8 Å². The first-order chi connectivity index (χ1) is 7.53. The van der Waals surface area contributed by atoms with Gasteiger partial charge in [0.2, 0.25) is 5.91 Å². The highest BCUT2D eigenvalue weighted by atomic mass is 16.5. The zero-order valence-electron chi connectivity index (χ0n) is 10.5. The second-order valence-corrected chi connectivity index (χ2v) is 5.15. The van der Waals surface area contributed by atoms with E-state index in [1.807, 2.05) is 13.8 Å². The van der Waals surface area contributed by atoms with Crippen molar-refractivity contribution in [3.63, 3.8) is 0 Å². The van der Waals surface area contributed by atoms with Crippen LogP contribution in [0.5, 0.6) is 0 Å². The van der Waals surface area contributed by atoms with Crippen molar-refractivity contribution in [1.82, 2.24) is 5.32 Å². The van der Waals surface area contributed by atoms with Crippen LogP contribution in [0, 0.1) is 5.92 Å². The fourth-order valence-corrected chi connectivity index (χ4v) is 2.06. The van der Waals surface area contributed by atoms with Crippen LogP contribution in [0.15, 0.2) is 0 Å². The average Bonchev–Trinajstić information content (AvgIpc) is 2.17. The molecule has 0 radical (unpaired) electrons. The molecular weight excluding hydrogens is 206 g/mol. The summed E-state index contributed by atoms with van der Waals surface area (Å²) in [6.07, 6.45) is 2.73. The lowest BCUT2D eigenvalue weighted by Gasteiger charge is -2.27. The molecule has 0 aromatic heterocycles. The maximum Gasteiger partial charge on any atom is 0.220 e. The number of carbonyl (C=O) groups excluding carboxylic acids is 1. The molecule has 0 aromatic carbocycles. The number of hydrogen-bond donors (Lipinski definition) is 1. The molecule has 1 rings (SSSR count). The molecule has 94 valence electrons. The summed E-state index contributed by atoms with van der Waals surface area (Å²) in [4.78, 5) is 11.8. The van der Waals surface area contributed by atoms with Crippen LogP contribution in [-0.4, -0.2) is 38.4 Å². The monoisotopic (exact) mass is 229 g/mol. The lowest BCUT2D eigenvalue weighted by atomic mass is 9.97. The van der Waals surface area contributed by atoms with E-state index in [9.17, 15) is 4.79 Å². The molecule has 1 heterocycles. The minimum Gasteiger partial charge on any atom is -0.382 e. The van der Waals surface area contributed by atoms with E-state index in [-0.39, 0.29) is 11.4 Å². The second kappa shape index (κ2) is 6.21. The van der Waals surface area contributed by atoms with Gasteiger partial charge in [-0.1, -0.05) is 0 Å². The van der Waals surface area contributed by atoms with Crippen molar-refractivity contribution < 1.29 is 14.3 Å². The van der Waals surface area contributed by atoms with Crippen molar-refractivity contribution in [3.05, 3.63) is 0 Å². The molecular formula is C12H23NO3. The fraction of sp³-hybridized carbons (Fsp3) is 0.917. The Morgan fingerprint density at radius 1 is 1.56 bits per heavy atom. The molecule has 1 unspecified atom stereocenters. The number of ether oxygens (including phenoxy) is 2. The topological polar surface area (TPSA) is 47.6 Å². The van der Waals surface area contributed by atoms with E-state index in [2.05, 4.69) is 5.32 Å². The summed E-state index contributed by atoms with van der Waals surface area (Å²) in [5.74, 6) is 0.477. The number of amides is 1. The van der Waals surface area contributed by atoms with E-state index in [0.717, 1.165) is 26.1 Å². The van der Waals surface area contributed by atoms with E-state index >= 15 is 0 Å². The zero-order chi connectivity index (χ0) is 12.0. The normalized spacial score (nSPS) is 21.8. The minimum atomic E-state index is -0.290. The second-order valence-electron chi connectivity index (χ2n) is 5.15. The predicted octanol–water partition coefficient (Wildman–Crippen LogP) is 1.34. The van der Waals surface area contributed by atoms with Crippen LogP contribution in [0.3, 0.4) is 0 Å². The van der Waals surface area contributed by atoms with Gasteiger partial charge in [-0.05, 0) is 32.6 Å². The molecule has 0 bridgehead atoms. The highest BCUT2D eigenvalue weighted by Crippen LogP contribution is 2.17. The predicted molar refractivity (Wildman–Crippen MR) is 62.3 cm³/mol. The molecule has 1 aliphatic rings. The van der Waals surface area contributed by atoms with Gasteiger partial charge in [0.15, 0.2) is 0 Å². The summed E-state index contributed by atoms with van der Waals surface area (Å²) < 4.78 is 10.4. The Morgan fingerprint density at radius 2 is 2.31 bits per heavy atom. The van der Waals surface area contributed by atoms with Crippen LogP contribution in [0.4, 0.5) is 0 Å². The van der Waals surface area contributed by atoms with E-state index in [1.165, 1.54) is 0 Å². The highest BCUT2D eigenvalue weighted by molar-refractivity contribution is 5.77. The van der Waals surface area contributed by atoms with Gasteiger partial charge in [0.05, 0.1) is 12.1 Å². The lowest BCUT2D eigenvalue weighted by molar-refractivity contribution is -0.125. The summed E-state index contributed by atoms with van der Waals surface area (Å²) in [7, 11) is 1.64. The molecule has 0 aromatic rings. The van der Waals surface area contributed by atoms with Crippen LogP contribution in [0.2, 0.25) is 0 Å². The summed E-state index contributed by atoms with van der Waals surface area (Å²) in [5.41, 5.74) is -0.290. The zero-order valence-corrected chi connectivity index (χ0v) is 10.5. The van der Waals surface area contributed by atoms with Gasteiger partial charge in [-0.3, -0.25) is 4.79 Å². The third kappa shape index (κ3) is 4.94. The van der Waals surface area contributed by atoms with Gasteiger partial charge in [-0.25, -0.2) is 0 Å². The first-order valence-corrected chi connectivity index (χ1v) is 5.91. The van der Waals surface area contributed by atoms with Gasteiger partial charge >= 0.3 is 0 Å². The van der Waals surface area contributed by atoms with Crippen LogP contribution in [0.1, 0.15) is 33.1 Å². The maximum absolute atomic E-state index is 11.8. The number of carbonyl (C=O) groups is 1. The Balaban J connectivity index is 2.28. The molecule has 1 fully saturated rings. The van der Waals surface area contributed by atoms with Gasteiger partial charge in [0.25, 0.3) is 0 Å². The smallest absolute Gasteiger partial charge is 0.220 e. The van der Waals surface area contributed by atoms with Crippen LogP contribution >= 0.6 is 0 Å². The van der Waals surface area contributed by atoms with Crippen molar-refractivity contribution in [2.24, 2.45) is 5.92 Å². The molecule has 1 aliphatic heterocycles. The number of hydrogen-bond acceptors (Lipinski definition) is 3. The summed E-state index contributed by atoms with van der Waals surface area (Å²) in [6, 6.07) is 0. The number of nitrogens with one attached hydrogen (secondary N) is 1. The van der Waals surface area contributed by atoms with Gasteiger partial charge in [0, 0.05) is 26.7 Å². The van der Waals surface area contributed by atoms with Crippen LogP contribution in [-0.2, 0) is 14.3 Å². The van der Waals surface area contributed by atoms with Gasteiger partial charge in [-0.15, -0.1) is 0 Å². The summed E-state index contributed by atoms with van der Waals surface area (Å²) in [6.45, 7) is 6.02. The minimum absolute atomic E-state index is 0.0950. The summed E-state index contributed by atoms with van der Waals surface area (Å²) >= 11 is 0. The largest absolute Gasteiger partial charge is 0.382 e. The van der Waals surface area contributed by atoms with Crippen LogP contribution < -0.4 is 5.32 Å². The Kier molecular flexibility index (Phi) is 5.22. The molecule has 4 heteroatoms. The molecule has 0 saturated carbocycles. The van der Waals surface area contributed by atoms with E-state index < -0.39 is 0 Å². The quantitative estimate of drug-likeness (QED) is 0.774. The van der Waals surface area contributed by atoms with Crippen molar-refractivity contribution in [2.45, 2.75) is 38.6 Å². The Bertz CT molecular complexity index is 222. The SMILES string of the molecule is COCC(C)(C)NC(=O)CC1CCCOC1. The lowest BCUT2D eigenvalue weighted by Crippen LogP contribution is -2.47. The third-order valence-electron chi connectivity index (χ3n) is 2.71. The standard InChI is InChI=1S/C12H23NO3/c1-12(2,9-15-3)13-11(14)7-10-5-4-6-16-8-10/h10H,4-9H2,1-3H3,(H,13,14). The molecule has 1 amide bonds. The van der Waals surface area contributed by atoms with Gasteiger partial charge in [0.1, 0.15) is 0 Å². The van der Waals surface area contributed by atoms with E-state index in [4.69, 9.17) is 9.47 Å². The van der Waals surface area contributed by atoms with Crippen molar-refractivity contribution in [3.8, 4) is 0 Å². The van der Waals surface area contributed by atoms with Crippen molar-refractivity contribution in [2.75, 3.05) is 26.9 Å². The molecule has 0 spiro atoms. The summed E-state index contributed by atoms with van der Waals surface area (Å²) in [5, 5.41) is 2.98. The molecule has 1 N–H and O–H groups in total. The van der Waals surface area contributed by atoms with Crippen molar-refractivity contribution in [1.29, 1.82) is 0 Å². The highest BCUT2D eigenvalue weighted by Gasteiger charge is 2.23. The Labute approximate surface area is 97.7 Å². The molecule has 4 nitrogen and oxygen atoms in total. The molecule has 0 aliphatic carbocycles.